The predicted octanol–water partition coefficient (Wildman–Crippen LogP) is 3.01. The highest BCUT2D eigenvalue weighted by Gasteiger charge is 2.50. The lowest BCUT2D eigenvalue weighted by atomic mass is 9.91. The summed E-state index contributed by atoms with van der Waals surface area (Å²) >= 11 is 1.72. The number of carbonyl (C=O) groups is 2. The number of phosphoric ester groups is 2. The van der Waals surface area contributed by atoms with Crippen LogP contribution in [0.3, 0.4) is 0 Å². The molecule has 3 aliphatic rings. The molecule has 69 heavy (non-hydrogen) atoms. The minimum absolute atomic E-state index is 0.0297. The summed E-state index contributed by atoms with van der Waals surface area (Å²) in [5.41, 5.74) is 10.7. The molecule has 4 heterocycles. The molecule has 1 fully saturated rings. The number of aliphatic hydroxyl groups excluding tert-OH is 1. The van der Waals surface area contributed by atoms with Crippen molar-refractivity contribution in [3.63, 3.8) is 0 Å². The van der Waals surface area contributed by atoms with Gasteiger partial charge in [0.1, 0.15) is 38.7 Å². The van der Waals surface area contributed by atoms with Crippen LogP contribution < -0.4 is 41.4 Å². The average molecular weight is 1010 g/mol. The van der Waals surface area contributed by atoms with Crippen LogP contribution in [0.4, 0.5) is 17.5 Å². The second-order valence-electron chi connectivity index (χ2n) is 16.8. The monoisotopic (exact) mass is 1010 g/mol. The summed E-state index contributed by atoms with van der Waals surface area (Å²) in [7, 11) is -2.45. The van der Waals surface area contributed by atoms with Gasteiger partial charge in [0, 0.05) is 84.1 Å². The van der Waals surface area contributed by atoms with Gasteiger partial charge < -0.3 is 60.5 Å². The third-order valence-electron chi connectivity index (χ3n) is 11.5. The Morgan fingerprint density at radius 2 is 1.70 bits per heavy atom. The Morgan fingerprint density at radius 3 is 2.42 bits per heavy atom. The highest BCUT2D eigenvalue weighted by molar-refractivity contribution is 7.46. The van der Waals surface area contributed by atoms with E-state index < -0.39 is 46.8 Å². The summed E-state index contributed by atoms with van der Waals surface area (Å²) < 4.78 is 42.6. The summed E-state index contributed by atoms with van der Waals surface area (Å²) in [6.07, 6.45) is -2.07. The molecular formula is C44H56N10O12P2S. The van der Waals surface area contributed by atoms with Crippen LogP contribution in [0.2, 0.25) is 0 Å². The van der Waals surface area contributed by atoms with Crippen molar-refractivity contribution in [2.24, 2.45) is 0 Å². The number of unbranched alkanes of at least 4 members (excludes halogenated alkanes) is 3. The zero-order chi connectivity index (χ0) is 49.6. The SMILES string of the molecule is CN(C)c1ccc2c(-c3ccccc3C(=O)NCCCC(=O)NCCCCCCNc3nc4c(N)ncnc4n3[C@@H]3O[C@H](COP(=O)([O-])O)[C@@H](O)[C@H]3OP(=O)(O)O)c3ccc(=[N+](C)C)cc-3sc2c1. The fourth-order valence-corrected chi connectivity index (χ4v) is 10.1. The van der Waals surface area contributed by atoms with Gasteiger partial charge in [0.15, 0.2) is 23.2 Å². The van der Waals surface area contributed by atoms with E-state index in [0.717, 1.165) is 61.9 Å². The molecule has 4 aromatic rings. The van der Waals surface area contributed by atoms with Crippen LogP contribution >= 0.6 is 27.0 Å². The number of phosphoric acid groups is 2. The van der Waals surface area contributed by atoms with Crippen molar-refractivity contribution in [3.8, 4) is 21.6 Å². The number of aliphatic hydroxyl groups is 1. The number of imidazole rings is 1. The molecule has 7 rings (SSSR count). The van der Waals surface area contributed by atoms with Gasteiger partial charge in [0.2, 0.25) is 17.2 Å². The molecule has 2 aromatic carbocycles. The number of nitrogens with one attached hydrogen (secondary N) is 3. The summed E-state index contributed by atoms with van der Waals surface area (Å²) in [5, 5.41) is 22.1. The molecule has 2 amide bonds. The van der Waals surface area contributed by atoms with Crippen molar-refractivity contribution in [3.05, 3.63) is 77.9 Å². The van der Waals surface area contributed by atoms with E-state index in [0.29, 0.717) is 44.5 Å². The lowest BCUT2D eigenvalue weighted by Crippen LogP contribution is -2.35. The molecule has 0 radical (unpaired) electrons. The highest BCUT2D eigenvalue weighted by Crippen LogP contribution is 2.47. The largest absolute Gasteiger partial charge is 0.756 e. The summed E-state index contributed by atoms with van der Waals surface area (Å²) in [6, 6.07) is 20.4. The van der Waals surface area contributed by atoms with E-state index in [1.54, 1.807) is 11.3 Å². The first kappa shape index (κ1) is 51.4. The van der Waals surface area contributed by atoms with Gasteiger partial charge >= 0.3 is 7.82 Å². The number of amides is 2. The smallest absolute Gasteiger partial charge is 0.470 e. The van der Waals surface area contributed by atoms with Crippen LogP contribution in [0.15, 0.2) is 67.0 Å². The molecular weight excluding hydrogens is 955 g/mol. The van der Waals surface area contributed by atoms with Gasteiger partial charge in [0.05, 0.1) is 6.61 Å². The van der Waals surface area contributed by atoms with Crippen LogP contribution in [0.25, 0.3) is 42.8 Å². The number of aromatic nitrogens is 4. The quantitative estimate of drug-likeness (QED) is 0.0222. The zero-order valence-corrected chi connectivity index (χ0v) is 41.0. The number of fused-ring (bicyclic) bond motifs is 3. The number of carbonyl (C=O) groups excluding carboxylic acids is 2. The molecule has 2 aliphatic heterocycles. The molecule has 5 atom stereocenters. The molecule has 0 saturated carbocycles. The summed E-state index contributed by atoms with van der Waals surface area (Å²) in [4.78, 5) is 81.9. The molecule has 22 nitrogen and oxygen atoms in total. The van der Waals surface area contributed by atoms with Crippen molar-refractivity contribution >= 4 is 77.5 Å². The topological polar surface area (TPSA) is 312 Å². The maximum Gasteiger partial charge on any atom is 0.470 e. The Hall–Kier alpha value is -5.42. The van der Waals surface area contributed by atoms with Crippen LogP contribution in [0.5, 0.6) is 0 Å². The maximum atomic E-state index is 13.8. The van der Waals surface area contributed by atoms with E-state index in [2.05, 4.69) is 81.3 Å². The zero-order valence-electron chi connectivity index (χ0n) is 38.3. The van der Waals surface area contributed by atoms with Gasteiger partial charge in [0.25, 0.3) is 13.7 Å². The standard InChI is InChI=1S/C44H56N10O12P2S/c1-52(2)26-15-17-30-33(22-26)69-34-23-27(53(3)4)16-18-31(34)36(30)28-12-7-8-13-29(28)42(57)47-21-11-14-35(55)46-19-9-5-6-10-20-48-44-51-37-40(45)49-25-50-41(37)54(44)43-39(66-68(61,62)63)38(56)32(65-43)24-64-67(58,59)60/h7-8,12-13,15-18,22-23,25,32,38-39,43,45,47,56H,5-6,9-11,14,19-21,24H2,1-4H3,(H6,46,55,57,58,59,60,61,62,63)/t32-,38-,39-,43-/m1/s1. The number of nitrogens with zero attached hydrogens (tertiary/aromatic N) is 6. The minimum atomic E-state index is -5.26. The van der Waals surface area contributed by atoms with Gasteiger partial charge in [-0.15, -0.1) is 11.3 Å². The number of nitrogen functional groups attached to an aromatic ring is 1. The normalized spacial score (nSPS) is 18.1. The Balaban J connectivity index is 0.891. The molecule has 1 saturated heterocycles. The number of ether oxygens (including phenoxy) is 1. The average Bonchev–Trinajstić information content (AvgIpc) is 3.81. The van der Waals surface area contributed by atoms with Gasteiger partial charge in [-0.3, -0.25) is 23.2 Å². The fourth-order valence-electron chi connectivity index (χ4n) is 8.07. The molecule has 9 N–H and O–H groups in total. The minimum Gasteiger partial charge on any atom is -0.756 e. The first-order chi connectivity index (χ1) is 32.8. The molecule has 0 bridgehead atoms. The van der Waals surface area contributed by atoms with Crippen LogP contribution in [-0.4, -0.2) is 124 Å². The molecule has 0 spiro atoms. The van der Waals surface area contributed by atoms with Crippen LogP contribution in [0.1, 0.15) is 55.1 Å². The molecule has 2 aromatic heterocycles. The number of hydrogen-bond acceptors (Lipinski definition) is 16. The van der Waals surface area contributed by atoms with Crippen LogP contribution in [-0.2, 0) is 27.7 Å². The van der Waals surface area contributed by atoms with Gasteiger partial charge in [-0.1, -0.05) is 37.1 Å². The van der Waals surface area contributed by atoms with Crippen molar-refractivity contribution in [2.45, 2.75) is 63.1 Å². The second kappa shape index (κ2) is 22.1. The Bertz CT molecular complexity index is 2960. The summed E-state index contributed by atoms with van der Waals surface area (Å²) in [5.74, 6) is -0.313. The Morgan fingerprint density at radius 1 is 0.957 bits per heavy atom. The lowest BCUT2D eigenvalue weighted by molar-refractivity contribution is -0.222. The number of anilines is 3. The fraction of sp³-hybridized carbons (Fsp3) is 0.409. The number of rotatable bonds is 21. The molecule has 1 aliphatic carbocycles. The maximum absolute atomic E-state index is 13.8. The Kier molecular flexibility index (Phi) is 16.5. The third kappa shape index (κ3) is 12.7. The summed E-state index contributed by atoms with van der Waals surface area (Å²) in [6.45, 7) is 0.200. The van der Waals surface area contributed by atoms with Crippen molar-refractivity contribution in [1.82, 2.24) is 34.7 Å². The lowest BCUT2D eigenvalue weighted by Gasteiger charge is -2.23. The predicted molar refractivity (Wildman–Crippen MR) is 259 cm³/mol. The van der Waals surface area contributed by atoms with Crippen molar-refractivity contribution in [2.75, 3.05) is 70.4 Å². The van der Waals surface area contributed by atoms with E-state index in [4.69, 9.17) is 19.9 Å². The van der Waals surface area contributed by atoms with Crippen molar-refractivity contribution in [1.29, 1.82) is 0 Å². The molecule has 25 heteroatoms. The van der Waals surface area contributed by atoms with Crippen LogP contribution in [0, 0.1) is 0 Å². The van der Waals surface area contributed by atoms with Gasteiger partial charge in [-0.2, -0.15) is 0 Å². The van der Waals surface area contributed by atoms with Gasteiger partial charge in [-0.25, -0.2) is 24.1 Å². The first-order valence-electron chi connectivity index (χ1n) is 22.1. The first-order valence-corrected chi connectivity index (χ1v) is 25.9. The van der Waals surface area contributed by atoms with E-state index in [1.165, 1.54) is 4.57 Å². The van der Waals surface area contributed by atoms with Gasteiger partial charge in [-0.05, 0) is 54.7 Å². The Labute approximate surface area is 401 Å². The van der Waals surface area contributed by atoms with E-state index >= 15 is 0 Å². The second-order valence-corrected chi connectivity index (χ2v) is 20.3. The number of hydrogen-bond donors (Lipinski definition) is 8. The number of benzene rings is 3. The number of nitrogens with two attached hydrogens (primary N) is 1. The van der Waals surface area contributed by atoms with E-state index in [1.807, 2.05) is 52.5 Å². The molecule has 370 valence electrons. The third-order valence-corrected chi connectivity index (χ3v) is 13.6. The van der Waals surface area contributed by atoms with Crippen molar-refractivity contribution < 1.29 is 57.2 Å². The highest BCUT2D eigenvalue weighted by atomic mass is 32.1. The van der Waals surface area contributed by atoms with E-state index in [-0.39, 0.29) is 41.2 Å². The van der Waals surface area contributed by atoms with E-state index in [9.17, 15) is 38.5 Å². The molecule has 1 unspecified atom stereocenters.